The Kier molecular flexibility index (Phi) is 4.98. The van der Waals surface area contributed by atoms with Crippen molar-refractivity contribution in [2.45, 2.75) is 57.0 Å². The van der Waals surface area contributed by atoms with Crippen molar-refractivity contribution in [2.24, 2.45) is 17.8 Å². The molecule has 0 radical (unpaired) electrons. The first-order valence-electron chi connectivity index (χ1n) is 10.3. The molecule has 0 saturated heterocycles. The Labute approximate surface area is 166 Å². The van der Waals surface area contributed by atoms with Gasteiger partial charge in [0.1, 0.15) is 0 Å². The average molecular weight is 386 g/mol. The Morgan fingerprint density at radius 1 is 0.964 bits per heavy atom. The van der Waals surface area contributed by atoms with Crippen molar-refractivity contribution < 1.29 is 19.1 Å². The molecule has 152 valence electrons. The first-order valence-corrected chi connectivity index (χ1v) is 10.3. The van der Waals surface area contributed by atoms with Crippen LogP contribution in [0.15, 0.2) is 18.2 Å². The van der Waals surface area contributed by atoms with Gasteiger partial charge in [0.2, 0.25) is 0 Å². The standard InChI is InChI=1S/C22H30N2O4/c1-13(17-4-5-18(27-2)19(9-17)28-3)23-20(25)21(26)24-22-10-14-6-15(11-22)8-16(7-14)12-22/h4-5,9,13-16H,6-8,10-12H2,1-3H3,(H,23,25)(H,24,26). The van der Waals surface area contributed by atoms with Crippen molar-refractivity contribution in [1.82, 2.24) is 10.6 Å². The molecule has 28 heavy (non-hydrogen) atoms. The molecule has 4 fully saturated rings. The van der Waals surface area contributed by atoms with Crippen LogP contribution in [0, 0.1) is 17.8 Å². The molecule has 6 heteroatoms. The van der Waals surface area contributed by atoms with Gasteiger partial charge in [0.25, 0.3) is 0 Å². The molecule has 4 saturated carbocycles. The van der Waals surface area contributed by atoms with Crippen LogP contribution in [-0.4, -0.2) is 31.6 Å². The number of rotatable bonds is 5. The number of benzene rings is 1. The Morgan fingerprint density at radius 3 is 2.07 bits per heavy atom. The fraction of sp³-hybridized carbons (Fsp3) is 0.636. The summed E-state index contributed by atoms with van der Waals surface area (Å²) in [6.45, 7) is 1.86. The number of carbonyl (C=O) groups is 2. The SMILES string of the molecule is COc1ccc(C(C)NC(=O)C(=O)NC23CC4CC(CC(C4)C2)C3)cc1OC. The third-order valence-corrected chi connectivity index (χ3v) is 6.88. The maximum atomic E-state index is 12.7. The highest BCUT2D eigenvalue weighted by Gasteiger charge is 2.51. The van der Waals surface area contributed by atoms with Gasteiger partial charge in [-0.2, -0.15) is 0 Å². The smallest absolute Gasteiger partial charge is 0.309 e. The molecule has 2 N–H and O–H groups in total. The van der Waals surface area contributed by atoms with Crippen LogP contribution >= 0.6 is 0 Å². The minimum Gasteiger partial charge on any atom is -0.493 e. The average Bonchev–Trinajstić information content (AvgIpc) is 2.65. The highest BCUT2D eigenvalue weighted by atomic mass is 16.5. The Balaban J connectivity index is 1.39. The normalized spacial score (nSPS) is 31.2. The van der Waals surface area contributed by atoms with Crippen molar-refractivity contribution in [3.63, 3.8) is 0 Å². The van der Waals surface area contributed by atoms with Gasteiger partial charge in [-0.3, -0.25) is 9.59 Å². The molecule has 4 bridgehead atoms. The lowest BCUT2D eigenvalue weighted by Crippen LogP contribution is -2.61. The lowest BCUT2D eigenvalue weighted by Gasteiger charge is -2.56. The molecule has 4 aliphatic carbocycles. The van der Waals surface area contributed by atoms with E-state index in [1.165, 1.54) is 19.3 Å². The van der Waals surface area contributed by atoms with E-state index in [0.29, 0.717) is 11.5 Å². The second kappa shape index (κ2) is 7.30. The van der Waals surface area contributed by atoms with E-state index in [0.717, 1.165) is 42.6 Å². The van der Waals surface area contributed by atoms with E-state index in [2.05, 4.69) is 10.6 Å². The zero-order chi connectivity index (χ0) is 19.9. The zero-order valence-corrected chi connectivity index (χ0v) is 16.9. The van der Waals surface area contributed by atoms with Gasteiger partial charge >= 0.3 is 11.8 Å². The molecule has 0 aliphatic heterocycles. The molecule has 2 amide bonds. The van der Waals surface area contributed by atoms with E-state index < -0.39 is 11.8 Å². The van der Waals surface area contributed by atoms with Gasteiger partial charge in [-0.05, 0) is 80.9 Å². The summed E-state index contributed by atoms with van der Waals surface area (Å²) in [4.78, 5) is 25.2. The minimum atomic E-state index is -0.571. The van der Waals surface area contributed by atoms with Crippen LogP contribution in [-0.2, 0) is 9.59 Å². The number of hydrogen-bond acceptors (Lipinski definition) is 4. The van der Waals surface area contributed by atoms with Crippen molar-refractivity contribution >= 4 is 11.8 Å². The quantitative estimate of drug-likeness (QED) is 0.763. The summed E-state index contributed by atoms with van der Waals surface area (Å²) in [5, 5.41) is 5.95. The van der Waals surface area contributed by atoms with Gasteiger partial charge in [-0.15, -0.1) is 0 Å². The van der Waals surface area contributed by atoms with Crippen molar-refractivity contribution in [1.29, 1.82) is 0 Å². The first-order chi connectivity index (χ1) is 13.4. The van der Waals surface area contributed by atoms with E-state index in [1.54, 1.807) is 20.3 Å². The number of ether oxygens (including phenoxy) is 2. The lowest BCUT2D eigenvalue weighted by molar-refractivity contribution is -0.143. The number of methoxy groups -OCH3 is 2. The highest BCUT2D eigenvalue weighted by molar-refractivity contribution is 6.35. The van der Waals surface area contributed by atoms with E-state index >= 15 is 0 Å². The number of amides is 2. The van der Waals surface area contributed by atoms with Crippen LogP contribution < -0.4 is 20.1 Å². The van der Waals surface area contributed by atoms with E-state index in [-0.39, 0.29) is 11.6 Å². The summed E-state index contributed by atoms with van der Waals surface area (Å²) >= 11 is 0. The molecule has 4 aliphatic rings. The number of hydrogen-bond donors (Lipinski definition) is 2. The summed E-state index contributed by atoms with van der Waals surface area (Å²) in [7, 11) is 3.15. The summed E-state index contributed by atoms with van der Waals surface area (Å²) in [6, 6.07) is 5.17. The number of nitrogens with one attached hydrogen (secondary N) is 2. The van der Waals surface area contributed by atoms with Crippen molar-refractivity contribution in [2.75, 3.05) is 14.2 Å². The molecular formula is C22H30N2O4. The molecule has 1 aromatic rings. The topological polar surface area (TPSA) is 76.7 Å². The number of carbonyl (C=O) groups excluding carboxylic acids is 2. The first kappa shape index (κ1) is 19.1. The molecule has 5 rings (SSSR count). The molecule has 0 heterocycles. The van der Waals surface area contributed by atoms with Gasteiger partial charge < -0.3 is 20.1 Å². The Bertz CT molecular complexity index is 741. The molecule has 0 aromatic heterocycles. The van der Waals surface area contributed by atoms with Crippen molar-refractivity contribution in [3.05, 3.63) is 23.8 Å². The molecule has 1 unspecified atom stereocenters. The van der Waals surface area contributed by atoms with Crippen LogP contribution in [0.1, 0.15) is 57.1 Å². The summed E-state index contributed by atoms with van der Waals surface area (Å²) in [5.74, 6) is 2.32. The zero-order valence-electron chi connectivity index (χ0n) is 16.9. The maximum absolute atomic E-state index is 12.7. The fourth-order valence-electron chi connectivity index (χ4n) is 6.03. The second-order valence-electron chi connectivity index (χ2n) is 8.96. The third-order valence-electron chi connectivity index (χ3n) is 6.88. The van der Waals surface area contributed by atoms with E-state index in [9.17, 15) is 9.59 Å². The Morgan fingerprint density at radius 2 is 1.54 bits per heavy atom. The summed E-state index contributed by atoms with van der Waals surface area (Å²) in [6.07, 6.45) is 7.00. The second-order valence-corrected chi connectivity index (χ2v) is 8.96. The highest BCUT2D eigenvalue weighted by Crippen LogP contribution is 2.55. The van der Waals surface area contributed by atoms with Crippen molar-refractivity contribution in [3.8, 4) is 11.5 Å². The van der Waals surface area contributed by atoms with Crippen LogP contribution in [0.25, 0.3) is 0 Å². The van der Waals surface area contributed by atoms with Gasteiger partial charge in [0.05, 0.1) is 20.3 Å². The van der Waals surface area contributed by atoms with E-state index in [1.807, 2.05) is 19.1 Å². The largest absolute Gasteiger partial charge is 0.493 e. The third kappa shape index (κ3) is 3.56. The predicted molar refractivity (Wildman–Crippen MR) is 105 cm³/mol. The van der Waals surface area contributed by atoms with Gasteiger partial charge in [0.15, 0.2) is 11.5 Å². The van der Waals surface area contributed by atoms with E-state index in [4.69, 9.17) is 9.47 Å². The predicted octanol–water partition coefficient (Wildman–Crippen LogP) is 2.97. The Hall–Kier alpha value is -2.24. The minimum absolute atomic E-state index is 0.157. The molecule has 6 nitrogen and oxygen atoms in total. The molecular weight excluding hydrogens is 356 g/mol. The molecule has 0 spiro atoms. The summed E-state index contributed by atoms with van der Waals surface area (Å²) < 4.78 is 10.6. The summed E-state index contributed by atoms with van der Waals surface area (Å²) in [5.41, 5.74) is 0.698. The van der Waals surface area contributed by atoms with Crippen LogP contribution in [0.5, 0.6) is 11.5 Å². The molecule has 1 atom stereocenters. The van der Waals surface area contributed by atoms with Gasteiger partial charge in [0, 0.05) is 5.54 Å². The maximum Gasteiger partial charge on any atom is 0.309 e. The lowest BCUT2D eigenvalue weighted by atomic mass is 9.53. The van der Waals surface area contributed by atoms with Gasteiger partial charge in [-0.1, -0.05) is 6.07 Å². The molecule has 1 aromatic carbocycles. The van der Waals surface area contributed by atoms with Crippen LogP contribution in [0.4, 0.5) is 0 Å². The van der Waals surface area contributed by atoms with Crippen LogP contribution in [0.3, 0.4) is 0 Å². The fourth-order valence-corrected chi connectivity index (χ4v) is 6.03. The monoisotopic (exact) mass is 386 g/mol. The van der Waals surface area contributed by atoms with Crippen LogP contribution in [0.2, 0.25) is 0 Å². The van der Waals surface area contributed by atoms with Gasteiger partial charge in [-0.25, -0.2) is 0 Å².